The summed E-state index contributed by atoms with van der Waals surface area (Å²) in [6.45, 7) is 4.28. The minimum absolute atomic E-state index is 0.893. The summed E-state index contributed by atoms with van der Waals surface area (Å²) in [6, 6.07) is 6.10. The van der Waals surface area contributed by atoms with E-state index in [9.17, 15) is 0 Å². The zero-order valence-electron chi connectivity index (χ0n) is 11.5. The average Bonchev–Trinajstić information content (AvgIpc) is 2.39. The minimum atomic E-state index is 0.893. The van der Waals surface area contributed by atoms with Crippen molar-refractivity contribution in [1.82, 2.24) is 0 Å². The summed E-state index contributed by atoms with van der Waals surface area (Å²) in [5, 5.41) is 2.26. The van der Waals surface area contributed by atoms with E-state index in [0.29, 0.717) is 0 Å². The van der Waals surface area contributed by atoms with Gasteiger partial charge in [-0.15, -0.1) is 11.8 Å². The van der Waals surface area contributed by atoms with Crippen molar-refractivity contribution in [2.24, 2.45) is 0 Å². The van der Waals surface area contributed by atoms with Crippen molar-refractivity contribution in [3.8, 4) is 11.5 Å². The summed E-state index contributed by atoms with van der Waals surface area (Å²) in [5.74, 6) is 1.79. The minimum Gasteiger partial charge on any atom is -0.496 e. The highest BCUT2D eigenvalue weighted by molar-refractivity contribution is 7.98. The van der Waals surface area contributed by atoms with E-state index in [2.05, 4.69) is 26.2 Å². The Labute approximate surface area is 112 Å². The van der Waals surface area contributed by atoms with Crippen molar-refractivity contribution < 1.29 is 9.47 Å². The molecule has 0 radical (unpaired) electrons. The van der Waals surface area contributed by atoms with Gasteiger partial charge in [0.2, 0.25) is 0 Å². The van der Waals surface area contributed by atoms with Crippen molar-refractivity contribution in [3.63, 3.8) is 0 Å². The molecule has 2 rings (SSSR count). The van der Waals surface area contributed by atoms with Crippen molar-refractivity contribution in [1.29, 1.82) is 0 Å². The fourth-order valence-electron chi connectivity index (χ4n) is 2.25. The third-order valence-corrected chi connectivity index (χ3v) is 4.25. The Bertz CT molecular complexity index is 591. The van der Waals surface area contributed by atoms with Crippen molar-refractivity contribution in [2.45, 2.75) is 18.7 Å². The second-order valence-corrected chi connectivity index (χ2v) is 5.06. The molecule has 0 aliphatic heterocycles. The molecule has 0 N–H and O–H groups in total. The van der Waals surface area contributed by atoms with Gasteiger partial charge in [-0.05, 0) is 49.4 Å². The predicted octanol–water partition coefficient (Wildman–Crippen LogP) is 4.20. The molecule has 0 saturated heterocycles. The van der Waals surface area contributed by atoms with E-state index < -0.39 is 0 Å². The van der Waals surface area contributed by atoms with Gasteiger partial charge in [-0.3, -0.25) is 0 Å². The topological polar surface area (TPSA) is 18.5 Å². The molecule has 0 atom stereocenters. The molecule has 0 aromatic heterocycles. The number of fused-ring (bicyclic) bond motifs is 1. The van der Waals surface area contributed by atoms with Gasteiger partial charge in [0.05, 0.1) is 14.2 Å². The molecule has 2 aromatic carbocycles. The molecule has 0 bridgehead atoms. The highest BCUT2D eigenvalue weighted by Gasteiger charge is 2.14. The van der Waals surface area contributed by atoms with E-state index in [1.807, 2.05) is 12.1 Å². The number of thioether (sulfide) groups is 1. The van der Waals surface area contributed by atoms with Crippen LogP contribution >= 0.6 is 11.8 Å². The molecule has 0 aliphatic carbocycles. The monoisotopic (exact) mass is 262 g/mol. The van der Waals surface area contributed by atoms with E-state index in [1.54, 1.807) is 26.0 Å². The fraction of sp³-hybridized carbons (Fsp3) is 0.333. The largest absolute Gasteiger partial charge is 0.496 e. The molecule has 2 nitrogen and oxygen atoms in total. The zero-order valence-corrected chi connectivity index (χ0v) is 12.3. The van der Waals surface area contributed by atoms with Crippen LogP contribution in [0.4, 0.5) is 0 Å². The molecular weight excluding hydrogens is 244 g/mol. The number of aryl methyl sites for hydroxylation is 1. The molecule has 0 aliphatic rings. The number of rotatable bonds is 3. The molecule has 18 heavy (non-hydrogen) atoms. The SMILES string of the molecule is COc1ccc(OC)c2c(SC)c(C)c(C)cc12. The van der Waals surface area contributed by atoms with E-state index in [1.165, 1.54) is 16.0 Å². The molecule has 0 saturated carbocycles. The average molecular weight is 262 g/mol. The van der Waals surface area contributed by atoms with Crippen LogP contribution in [0, 0.1) is 13.8 Å². The maximum absolute atomic E-state index is 5.50. The summed E-state index contributed by atoms with van der Waals surface area (Å²) >= 11 is 1.75. The first kappa shape index (κ1) is 13.1. The van der Waals surface area contributed by atoms with Gasteiger partial charge in [0.25, 0.3) is 0 Å². The van der Waals surface area contributed by atoms with Crippen LogP contribution in [0.5, 0.6) is 11.5 Å². The predicted molar refractivity (Wildman–Crippen MR) is 78.3 cm³/mol. The molecular formula is C15H18O2S. The van der Waals surface area contributed by atoms with Gasteiger partial charge < -0.3 is 9.47 Å². The number of methoxy groups -OCH3 is 2. The summed E-state index contributed by atoms with van der Waals surface area (Å²) in [6.07, 6.45) is 2.10. The molecule has 96 valence electrons. The van der Waals surface area contributed by atoms with E-state index in [4.69, 9.17) is 9.47 Å². The van der Waals surface area contributed by atoms with Crippen molar-refractivity contribution >= 4 is 22.5 Å². The van der Waals surface area contributed by atoms with Crippen LogP contribution < -0.4 is 9.47 Å². The first-order valence-electron chi connectivity index (χ1n) is 5.83. The quantitative estimate of drug-likeness (QED) is 0.772. The number of hydrogen-bond acceptors (Lipinski definition) is 3. The maximum atomic E-state index is 5.50. The third-order valence-electron chi connectivity index (χ3n) is 3.33. The molecule has 0 amide bonds. The van der Waals surface area contributed by atoms with E-state index in [-0.39, 0.29) is 0 Å². The van der Waals surface area contributed by atoms with Gasteiger partial charge in [0, 0.05) is 15.7 Å². The Morgan fingerprint density at radius 2 is 1.61 bits per heavy atom. The van der Waals surface area contributed by atoms with Gasteiger partial charge in [-0.2, -0.15) is 0 Å². The standard InChI is InChI=1S/C15H18O2S/c1-9-8-11-12(16-3)6-7-13(17-4)14(11)15(18-5)10(9)2/h6-8H,1-5H3. The fourth-order valence-corrected chi connectivity index (χ4v) is 3.13. The van der Waals surface area contributed by atoms with Crippen LogP contribution in [-0.4, -0.2) is 20.5 Å². The lowest BCUT2D eigenvalue weighted by Gasteiger charge is -2.16. The van der Waals surface area contributed by atoms with Crippen LogP contribution in [0.3, 0.4) is 0 Å². The molecule has 0 heterocycles. The lowest BCUT2D eigenvalue weighted by Crippen LogP contribution is -1.94. The Morgan fingerprint density at radius 1 is 1.00 bits per heavy atom. The lowest BCUT2D eigenvalue weighted by atomic mass is 10.0. The number of ether oxygens (including phenoxy) is 2. The molecule has 0 fully saturated rings. The van der Waals surface area contributed by atoms with Crippen molar-refractivity contribution in [2.75, 3.05) is 20.5 Å². The van der Waals surface area contributed by atoms with Gasteiger partial charge in [-0.25, -0.2) is 0 Å². The lowest BCUT2D eigenvalue weighted by molar-refractivity contribution is 0.410. The smallest absolute Gasteiger partial charge is 0.128 e. The van der Waals surface area contributed by atoms with E-state index >= 15 is 0 Å². The molecule has 3 heteroatoms. The first-order chi connectivity index (χ1) is 8.63. The highest BCUT2D eigenvalue weighted by Crippen LogP contribution is 2.41. The van der Waals surface area contributed by atoms with Crippen LogP contribution in [0.1, 0.15) is 11.1 Å². The second-order valence-electron chi connectivity index (χ2n) is 4.24. The van der Waals surface area contributed by atoms with Crippen LogP contribution in [-0.2, 0) is 0 Å². The van der Waals surface area contributed by atoms with E-state index in [0.717, 1.165) is 22.3 Å². The summed E-state index contributed by atoms with van der Waals surface area (Å²) < 4.78 is 11.0. The molecule has 0 spiro atoms. The second kappa shape index (κ2) is 5.11. The van der Waals surface area contributed by atoms with Crippen LogP contribution in [0.25, 0.3) is 10.8 Å². The summed E-state index contributed by atoms with van der Waals surface area (Å²) in [7, 11) is 3.41. The maximum Gasteiger partial charge on any atom is 0.128 e. The summed E-state index contributed by atoms with van der Waals surface area (Å²) in [5.41, 5.74) is 2.58. The Kier molecular flexibility index (Phi) is 3.71. The Balaban J connectivity index is 2.97. The van der Waals surface area contributed by atoms with Crippen molar-refractivity contribution in [3.05, 3.63) is 29.3 Å². The number of hydrogen-bond donors (Lipinski definition) is 0. The van der Waals surface area contributed by atoms with Gasteiger partial charge in [0.15, 0.2) is 0 Å². The van der Waals surface area contributed by atoms with Crippen LogP contribution in [0.15, 0.2) is 23.1 Å². The zero-order chi connectivity index (χ0) is 13.3. The van der Waals surface area contributed by atoms with Gasteiger partial charge in [0.1, 0.15) is 11.5 Å². The highest BCUT2D eigenvalue weighted by atomic mass is 32.2. The Morgan fingerprint density at radius 3 is 2.17 bits per heavy atom. The number of benzene rings is 2. The van der Waals surface area contributed by atoms with Crippen LogP contribution in [0.2, 0.25) is 0 Å². The first-order valence-corrected chi connectivity index (χ1v) is 7.05. The Hall–Kier alpha value is -1.35. The van der Waals surface area contributed by atoms with Gasteiger partial charge >= 0.3 is 0 Å². The van der Waals surface area contributed by atoms with Gasteiger partial charge in [-0.1, -0.05) is 0 Å². The molecule has 0 unspecified atom stereocenters. The summed E-state index contributed by atoms with van der Waals surface area (Å²) in [4.78, 5) is 1.26. The normalized spacial score (nSPS) is 10.7. The third kappa shape index (κ3) is 1.93. The molecule has 2 aromatic rings.